The lowest BCUT2D eigenvalue weighted by Crippen LogP contribution is -2.31. The Bertz CT molecular complexity index is 2090. The second-order valence-corrected chi connectivity index (χ2v) is 16.5. The van der Waals surface area contributed by atoms with Crippen molar-refractivity contribution < 1.29 is 9.18 Å². The van der Waals surface area contributed by atoms with E-state index in [4.69, 9.17) is 34.8 Å². The zero-order chi connectivity index (χ0) is 38.1. The van der Waals surface area contributed by atoms with E-state index in [2.05, 4.69) is 32.8 Å². The Balaban J connectivity index is 0.000000215. The Morgan fingerprint density at radius 1 is 1.09 bits per heavy atom. The number of rotatable bonds is 7. The summed E-state index contributed by atoms with van der Waals surface area (Å²) in [5.41, 5.74) is 14.4. The lowest BCUT2D eigenvalue weighted by atomic mass is 9.87. The zero-order valence-corrected chi connectivity index (χ0v) is 32.7. The van der Waals surface area contributed by atoms with Gasteiger partial charge >= 0.3 is 0 Å². The third-order valence-electron chi connectivity index (χ3n) is 11.9. The van der Waals surface area contributed by atoms with Crippen molar-refractivity contribution in [2.24, 2.45) is 29.3 Å². The standard InChI is InChI=1S/C29H25Cl2FN4O.C8H17N3.C5H9N/c1-15-19-14-22(23-8-4-12-36(23)29(37)16-9-10-16)35-27(19)20-13-17(5-3-11-33)24(26(32)28(20)34-15)18-6-2-7-21(30)25(18)31;1-6(9)8(11-10)7-4-2-3-5-7;1-4-2-5(1)6-3-4/h2,6-7,13-14,16,23,35H,3-5,8-10,12H2,1H3;7,11H,2-5,9-10H2,1H3;4-6H,1-3H2/b;8-6-;. The number of H-pyrrole nitrogens is 1. The van der Waals surface area contributed by atoms with Crippen molar-refractivity contribution in [2.45, 2.75) is 103 Å². The number of hydrogen-bond donors (Lipinski definition) is 5. The van der Waals surface area contributed by atoms with E-state index in [1.807, 2.05) is 24.8 Å². The number of nitriles is 1. The molecule has 2 aromatic heterocycles. The number of nitrogens with zero attached hydrogens (tertiary/aromatic N) is 3. The van der Waals surface area contributed by atoms with Gasteiger partial charge < -0.3 is 26.4 Å². The van der Waals surface area contributed by atoms with Gasteiger partial charge in [-0.1, -0.05) is 48.2 Å². The number of nitrogens with two attached hydrogens (primary N) is 2. The van der Waals surface area contributed by atoms with Crippen molar-refractivity contribution in [1.82, 2.24) is 25.6 Å². The van der Waals surface area contributed by atoms with Crippen molar-refractivity contribution >= 4 is 50.9 Å². The van der Waals surface area contributed by atoms with E-state index in [1.54, 1.807) is 18.2 Å². The van der Waals surface area contributed by atoms with Gasteiger partial charge in [0.2, 0.25) is 5.91 Å². The van der Waals surface area contributed by atoms with Crippen LogP contribution in [0.15, 0.2) is 41.7 Å². The largest absolute Gasteiger partial charge is 0.401 e. The van der Waals surface area contributed by atoms with Crippen LogP contribution in [-0.4, -0.2) is 39.9 Å². The highest BCUT2D eigenvalue weighted by Gasteiger charge is 2.39. The maximum absolute atomic E-state index is 16.3. The summed E-state index contributed by atoms with van der Waals surface area (Å²) in [4.78, 5) is 23.1. The number of aromatic nitrogens is 2. The van der Waals surface area contributed by atoms with Crippen LogP contribution in [0.1, 0.15) is 101 Å². The Morgan fingerprint density at radius 3 is 2.46 bits per heavy atom. The van der Waals surface area contributed by atoms with Gasteiger partial charge in [0.1, 0.15) is 5.52 Å². The van der Waals surface area contributed by atoms with Crippen LogP contribution < -0.4 is 22.3 Å². The molecule has 2 aromatic carbocycles. The Morgan fingerprint density at radius 2 is 1.85 bits per heavy atom. The first kappa shape index (κ1) is 38.4. The van der Waals surface area contributed by atoms with Crippen molar-refractivity contribution in [3.05, 3.63) is 74.5 Å². The monoisotopic (exact) mass is 772 g/mol. The molecule has 2 bridgehead atoms. The molecule has 5 heterocycles. The summed E-state index contributed by atoms with van der Waals surface area (Å²) in [5, 5.41) is 14.8. The van der Waals surface area contributed by atoms with E-state index in [0.29, 0.717) is 45.1 Å². The van der Waals surface area contributed by atoms with Gasteiger partial charge in [-0.15, -0.1) is 0 Å². The van der Waals surface area contributed by atoms with Crippen LogP contribution in [0.25, 0.3) is 32.9 Å². The summed E-state index contributed by atoms with van der Waals surface area (Å²) >= 11 is 12.8. The number of nitrogens with one attached hydrogen (secondary N) is 3. The lowest BCUT2D eigenvalue weighted by molar-refractivity contribution is -0.133. The fourth-order valence-corrected chi connectivity index (χ4v) is 9.23. The molecule has 54 heavy (non-hydrogen) atoms. The highest BCUT2D eigenvalue weighted by molar-refractivity contribution is 6.43. The predicted octanol–water partition coefficient (Wildman–Crippen LogP) is 8.87. The number of hydrogen-bond acceptors (Lipinski definition) is 7. The maximum atomic E-state index is 16.3. The third-order valence-corrected chi connectivity index (χ3v) is 12.7. The molecule has 0 spiro atoms. The van der Waals surface area contributed by atoms with Gasteiger partial charge in [0.15, 0.2) is 5.82 Å². The van der Waals surface area contributed by atoms with Gasteiger partial charge in [-0.25, -0.2) is 9.37 Å². The molecule has 10 rings (SSSR count). The number of carbonyl (C=O) groups excluding carboxylic acids is 1. The molecule has 3 saturated carbocycles. The minimum Gasteiger partial charge on any atom is -0.401 e. The third kappa shape index (κ3) is 7.79. The predicted molar refractivity (Wildman–Crippen MR) is 215 cm³/mol. The Kier molecular flexibility index (Phi) is 11.7. The molecule has 1 atom stereocenters. The Labute approximate surface area is 327 Å². The van der Waals surface area contributed by atoms with Crippen LogP contribution in [0.3, 0.4) is 0 Å². The van der Waals surface area contributed by atoms with Crippen LogP contribution in [0.4, 0.5) is 4.39 Å². The molecule has 6 fully saturated rings. The van der Waals surface area contributed by atoms with Crippen molar-refractivity contribution in [3.63, 3.8) is 0 Å². The molecule has 3 saturated heterocycles. The first-order chi connectivity index (χ1) is 26.1. The van der Waals surface area contributed by atoms with Crippen LogP contribution in [0.5, 0.6) is 0 Å². The zero-order valence-electron chi connectivity index (χ0n) is 31.2. The summed E-state index contributed by atoms with van der Waals surface area (Å²) in [6, 6.07) is 12.2. The highest BCUT2D eigenvalue weighted by Crippen LogP contribution is 2.43. The number of fused-ring (bicyclic) bond motifs is 4. The Hall–Kier alpha value is -3.88. The molecule has 3 aliphatic heterocycles. The number of carbonyl (C=O) groups is 1. The van der Waals surface area contributed by atoms with Crippen molar-refractivity contribution in [3.8, 4) is 17.2 Å². The first-order valence-electron chi connectivity index (χ1n) is 19.5. The van der Waals surface area contributed by atoms with Gasteiger partial charge in [-0.05, 0) is 108 Å². The number of pyridine rings is 1. The van der Waals surface area contributed by atoms with Crippen LogP contribution in [0, 0.1) is 41.8 Å². The first-order valence-corrected chi connectivity index (χ1v) is 20.3. The summed E-state index contributed by atoms with van der Waals surface area (Å²) in [6.45, 7) is 5.85. The molecule has 6 aliphatic rings. The van der Waals surface area contributed by atoms with E-state index >= 15 is 4.39 Å². The maximum Gasteiger partial charge on any atom is 0.226 e. The van der Waals surface area contributed by atoms with Crippen molar-refractivity contribution in [2.75, 3.05) is 13.1 Å². The van der Waals surface area contributed by atoms with Crippen molar-refractivity contribution in [1.29, 1.82) is 5.26 Å². The van der Waals surface area contributed by atoms with Crippen LogP contribution in [-0.2, 0) is 11.2 Å². The number of aryl methyl sites for hydroxylation is 2. The average Bonchev–Trinajstić information content (AvgIpc) is 3.75. The van der Waals surface area contributed by atoms with Gasteiger partial charge in [-0.3, -0.25) is 10.6 Å². The minimum absolute atomic E-state index is 0.0117. The number of amides is 1. The molecule has 286 valence electrons. The fourth-order valence-electron chi connectivity index (χ4n) is 8.84. The lowest BCUT2D eigenvalue weighted by Gasteiger charge is -2.24. The minimum atomic E-state index is -0.484. The van der Waals surface area contributed by atoms with E-state index < -0.39 is 5.82 Å². The van der Waals surface area contributed by atoms with E-state index in [-0.39, 0.29) is 34.8 Å². The van der Waals surface area contributed by atoms with Crippen LogP contribution in [0.2, 0.25) is 10.0 Å². The van der Waals surface area contributed by atoms with Gasteiger partial charge in [-0.2, -0.15) is 5.26 Å². The smallest absolute Gasteiger partial charge is 0.226 e. The summed E-state index contributed by atoms with van der Waals surface area (Å²) in [6.07, 6.45) is 12.4. The number of halogens is 3. The van der Waals surface area contributed by atoms with Gasteiger partial charge in [0.25, 0.3) is 0 Å². The topological polar surface area (TPSA) is 149 Å². The summed E-state index contributed by atoms with van der Waals surface area (Å²) < 4.78 is 16.3. The van der Waals surface area contributed by atoms with E-state index in [1.165, 1.54) is 45.1 Å². The fraction of sp³-hybridized carbons (Fsp3) is 0.500. The second-order valence-electron chi connectivity index (χ2n) is 15.7. The van der Waals surface area contributed by atoms with E-state index in [0.717, 1.165) is 72.2 Å². The van der Waals surface area contributed by atoms with Crippen LogP contribution >= 0.6 is 23.2 Å². The summed E-state index contributed by atoms with van der Waals surface area (Å²) in [7, 11) is 0. The average molecular weight is 774 g/mol. The molecule has 4 aromatic rings. The second kappa shape index (κ2) is 16.5. The number of hydrazine groups is 1. The number of likely N-dealkylation sites (tertiary alicyclic amines) is 1. The molecule has 1 amide bonds. The molecular weight excluding hydrogens is 722 g/mol. The number of allylic oxidation sites excluding steroid dienone is 2. The van der Waals surface area contributed by atoms with E-state index in [9.17, 15) is 10.1 Å². The number of aromatic amines is 1. The molecule has 7 N–H and O–H groups in total. The molecule has 12 heteroatoms. The van der Waals surface area contributed by atoms with Gasteiger partial charge in [0, 0.05) is 75.5 Å². The number of benzene rings is 2. The SMILES string of the molecule is C/C(N)=C(/NN)C1CCCC1.C1NC2CC1C2.Cc1nc2c(F)c(-c3cccc(Cl)c3Cl)c(CCC#N)cc2c2[nH]c(C3CCCN3C(=O)C3CC3)cc12. The quantitative estimate of drug-likeness (QED) is 0.0931. The molecule has 0 radical (unpaired) electrons. The highest BCUT2D eigenvalue weighted by atomic mass is 35.5. The molecule has 9 nitrogen and oxygen atoms in total. The molecule has 3 aliphatic carbocycles. The molecule has 1 unspecified atom stereocenters. The summed E-state index contributed by atoms with van der Waals surface area (Å²) in [5.74, 6) is 6.96. The normalized spacial score (nSPS) is 22.2. The molecular formula is C42H51Cl2FN8O. The van der Waals surface area contributed by atoms with Gasteiger partial charge in [0.05, 0.1) is 27.7 Å².